The zero-order valence-electron chi connectivity index (χ0n) is 16.0. The van der Waals surface area contributed by atoms with Crippen LogP contribution in [-0.4, -0.2) is 35.4 Å². The van der Waals surface area contributed by atoms with Crippen LogP contribution in [0, 0.1) is 0 Å². The molecule has 0 fully saturated rings. The highest BCUT2D eigenvalue weighted by Gasteiger charge is 2.43. The summed E-state index contributed by atoms with van der Waals surface area (Å²) < 4.78 is 0. The predicted octanol–water partition coefficient (Wildman–Crippen LogP) is 3.37. The summed E-state index contributed by atoms with van der Waals surface area (Å²) in [5.74, 6) is 0.753. The molecule has 1 atom stereocenters. The molecule has 3 heterocycles. The summed E-state index contributed by atoms with van der Waals surface area (Å²) in [4.78, 5) is 29.7. The number of hydrogen-bond acceptors (Lipinski definition) is 6. The molecule has 9 heteroatoms. The van der Waals surface area contributed by atoms with E-state index in [1.807, 2.05) is 35.4 Å². The van der Waals surface area contributed by atoms with Crippen LogP contribution in [0.3, 0.4) is 0 Å². The van der Waals surface area contributed by atoms with Crippen LogP contribution >= 0.6 is 22.9 Å². The molecule has 4 rings (SSSR count). The first-order chi connectivity index (χ1) is 14.1. The smallest absolute Gasteiger partial charge is 0.269 e. The van der Waals surface area contributed by atoms with Gasteiger partial charge in [-0.2, -0.15) is 5.10 Å². The quantitative estimate of drug-likeness (QED) is 0.704. The minimum absolute atomic E-state index is 0.0303. The Balaban J connectivity index is 1.39. The summed E-state index contributed by atoms with van der Waals surface area (Å²) in [5, 5.41) is 9.95. The van der Waals surface area contributed by atoms with Gasteiger partial charge in [-0.1, -0.05) is 30.7 Å². The molecule has 0 saturated heterocycles. The van der Waals surface area contributed by atoms with Gasteiger partial charge in [-0.05, 0) is 35.6 Å². The monoisotopic (exact) mass is 431 g/mol. The maximum absolute atomic E-state index is 12.8. The number of carbonyl (C=O) groups excluding carboxylic acids is 2. The summed E-state index contributed by atoms with van der Waals surface area (Å²) in [7, 11) is 0. The van der Waals surface area contributed by atoms with E-state index >= 15 is 0 Å². The van der Waals surface area contributed by atoms with Crippen LogP contribution in [0.2, 0.25) is 5.02 Å². The third kappa shape index (κ3) is 3.95. The summed E-state index contributed by atoms with van der Waals surface area (Å²) in [6.45, 7) is 3.15. The third-order valence-corrected chi connectivity index (χ3v) is 6.07. The summed E-state index contributed by atoms with van der Waals surface area (Å²) >= 11 is 7.33. The van der Waals surface area contributed by atoms with E-state index in [1.54, 1.807) is 17.0 Å². The van der Waals surface area contributed by atoms with Crippen LogP contribution in [0.15, 0.2) is 40.8 Å². The molecule has 7 nitrogen and oxygen atoms in total. The third-order valence-electron chi connectivity index (χ3n) is 4.93. The van der Waals surface area contributed by atoms with Gasteiger partial charge in [0, 0.05) is 31.0 Å². The molecule has 0 saturated carbocycles. The van der Waals surface area contributed by atoms with Crippen LogP contribution in [0.1, 0.15) is 41.4 Å². The van der Waals surface area contributed by atoms with Gasteiger partial charge in [0.1, 0.15) is 10.7 Å². The predicted molar refractivity (Wildman–Crippen MR) is 115 cm³/mol. The Kier molecular flexibility index (Phi) is 5.73. The van der Waals surface area contributed by atoms with Crippen molar-refractivity contribution in [2.75, 3.05) is 11.4 Å². The van der Waals surface area contributed by atoms with Crippen LogP contribution in [0.4, 0.5) is 5.69 Å². The Morgan fingerprint density at radius 3 is 2.86 bits per heavy atom. The number of fused-ring (bicyclic) bond motifs is 3. The van der Waals surface area contributed by atoms with Gasteiger partial charge in [-0.15, -0.1) is 11.3 Å². The number of anilines is 1. The molecule has 152 valence electrons. The van der Waals surface area contributed by atoms with E-state index in [1.165, 1.54) is 11.3 Å². The van der Waals surface area contributed by atoms with Crippen LogP contribution in [-0.2, 0) is 11.3 Å². The summed E-state index contributed by atoms with van der Waals surface area (Å²) in [6.07, 6.45) is 1.34. The minimum Gasteiger partial charge on any atom is -0.352 e. The molecule has 1 aromatic heterocycles. The number of nitrogens with one attached hydrogen (secondary N) is 2. The Bertz CT molecular complexity index is 943. The van der Waals surface area contributed by atoms with Crippen molar-refractivity contribution in [3.05, 3.63) is 51.2 Å². The second-order valence-corrected chi connectivity index (χ2v) is 8.29. The molecule has 1 aromatic carbocycles. The Hall–Kier alpha value is -2.58. The lowest BCUT2D eigenvalue weighted by molar-refractivity contribution is -0.121. The van der Waals surface area contributed by atoms with Crippen LogP contribution < -0.4 is 15.6 Å². The molecule has 2 amide bonds. The maximum atomic E-state index is 12.8. The normalized spacial score (nSPS) is 17.5. The Labute approximate surface area is 178 Å². The fraction of sp³-hybridized carbons (Fsp3) is 0.350. The molecular formula is C20H22ClN5O2S. The van der Waals surface area contributed by atoms with Crippen molar-refractivity contribution in [3.8, 4) is 0 Å². The Morgan fingerprint density at radius 1 is 1.31 bits per heavy atom. The topological polar surface area (TPSA) is 77.0 Å². The highest BCUT2D eigenvalue weighted by atomic mass is 35.5. The van der Waals surface area contributed by atoms with Gasteiger partial charge in [0.15, 0.2) is 0 Å². The van der Waals surface area contributed by atoms with E-state index in [0.29, 0.717) is 31.0 Å². The minimum atomic E-state index is -0.323. The zero-order chi connectivity index (χ0) is 20.4. The molecule has 2 aliphatic rings. The highest BCUT2D eigenvalue weighted by molar-refractivity contribution is 7.12. The van der Waals surface area contributed by atoms with Gasteiger partial charge in [0.05, 0.1) is 5.69 Å². The van der Waals surface area contributed by atoms with Crippen LogP contribution in [0.25, 0.3) is 0 Å². The van der Waals surface area contributed by atoms with Gasteiger partial charge in [-0.3, -0.25) is 24.8 Å². The number of rotatable bonds is 7. The number of hydrogen-bond donors (Lipinski definition) is 2. The highest BCUT2D eigenvalue weighted by Crippen LogP contribution is 2.36. The lowest BCUT2D eigenvalue weighted by Crippen LogP contribution is -2.58. The van der Waals surface area contributed by atoms with Gasteiger partial charge < -0.3 is 5.32 Å². The van der Waals surface area contributed by atoms with E-state index in [-0.39, 0.29) is 18.1 Å². The molecule has 2 N–H and O–H groups in total. The van der Waals surface area contributed by atoms with Crippen molar-refractivity contribution < 1.29 is 9.59 Å². The van der Waals surface area contributed by atoms with Crippen molar-refractivity contribution in [2.24, 2.45) is 5.10 Å². The van der Waals surface area contributed by atoms with E-state index < -0.39 is 0 Å². The second kappa shape index (κ2) is 8.42. The molecule has 0 radical (unpaired) electrons. The summed E-state index contributed by atoms with van der Waals surface area (Å²) in [6, 6.07) is 9.34. The number of carbonyl (C=O) groups is 2. The van der Waals surface area contributed by atoms with Crippen molar-refractivity contribution in [2.45, 2.75) is 39.0 Å². The Morgan fingerprint density at radius 2 is 2.10 bits per heavy atom. The molecule has 0 bridgehead atoms. The van der Waals surface area contributed by atoms with Crippen LogP contribution in [0.5, 0.6) is 0 Å². The van der Waals surface area contributed by atoms with E-state index in [4.69, 9.17) is 11.6 Å². The summed E-state index contributed by atoms with van der Waals surface area (Å²) in [5.41, 5.74) is 4.93. The largest absolute Gasteiger partial charge is 0.352 e. The second-order valence-electron chi connectivity index (χ2n) is 6.94. The van der Waals surface area contributed by atoms with Crippen molar-refractivity contribution in [1.29, 1.82) is 0 Å². The first kappa shape index (κ1) is 19.7. The molecule has 1 unspecified atom stereocenters. The van der Waals surface area contributed by atoms with E-state index in [9.17, 15) is 9.59 Å². The molecule has 29 heavy (non-hydrogen) atoms. The first-order valence-corrected chi connectivity index (χ1v) is 10.8. The molecule has 0 spiro atoms. The average Bonchev–Trinajstić information content (AvgIpc) is 3.36. The first-order valence-electron chi connectivity index (χ1n) is 9.59. The molecular weight excluding hydrogens is 410 g/mol. The lowest BCUT2D eigenvalue weighted by atomic mass is 10.2. The van der Waals surface area contributed by atoms with Gasteiger partial charge >= 0.3 is 0 Å². The number of halogens is 1. The van der Waals surface area contributed by atoms with Crippen molar-refractivity contribution in [1.82, 2.24) is 15.6 Å². The van der Waals surface area contributed by atoms with E-state index in [0.717, 1.165) is 28.4 Å². The van der Waals surface area contributed by atoms with Crippen molar-refractivity contribution >= 4 is 46.3 Å². The van der Waals surface area contributed by atoms with Crippen molar-refractivity contribution in [3.63, 3.8) is 0 Å². The van der Waals surface area contributed by atoms with E-state index in [2.05, 4.69) is 15.8 Å². The number of nitrogens with zero attached hydrogens (tertiary/aromatic N) is 3. The number of hydrazone groups is 1. The van der Waals surface area contributed by atoms with Gasteiger partial charge in [-0.25, -0.2) is 0 Å². The lowest BCUT2D eigenvalue weighted by Gasteiger charge is -2.39. The van der Waals surface area contributed by atoms with Gasteiger partial charge in [0.25, 0.3) is 5.91 Å². The fourth-order valence-corrected chi connectivity index (χ4v) is 4.48. The SMILES string of the molecule is CCCN1C(=O)c2sccc2N2C(CCC(=O)NCc3ccc(Cl)cc3)=NNC12. The molecule has 0 aliphatic carbocycles. The molecule has 2 aliphatic heterocycles. The molecule has 2 aromatic rings. The number of amides is 2. The zero-order valence-corrected chi connectivity index (χ0v) is 17.6. The fourth-order valence-electron chi connectivity index (χ4n) is 3.52. The maximum Gasteiger partial charge on any atom is 0.269 e. The number of thiophene rings is 1. The van der Waals surface area contributed by atoms with Gasteiger partial charge in [0.2, 0.25) is 12.2 Å². The number of amidine groups is 1. The standard InChI is InChI=1S/C20H22ClN5O2S/c1-2-10-25-19(28)18-15(9-11-29-18)26-16(23-24-20(25)26)7-8-17(27)22-12-13-3-5-14(21)6-4-13/h3-6,9,11,20,24H,2,7-8,10,12H2,1H3,(H,22,27). The average molecular weight is 432 g/mol. The number of benzene rings is 1.